The fraction of sp³-hybridized carbons (Fsp3) is 0.471. The van der Waals surface area contributed by atoms with Crippen LogP contribution in [0, 0.1) is 6.92 Å². The summed E-state index contributed by atoms with van der Waals surface area (Å²) >= 11 is 0. The molecule has 0 saturated carbocycles. The molecule has 2 aromatic rings. The first-order valence-electron chi connectivity index (χ1n) is 7.13. The minimum absolute atomic E-state index is 0.000208. The number of hydrogen-bond acceptors (Lipinski definition) is 2. The molecule has 0 bridgehead atoms. The Kier molecular flexibility index (Phi) is 4.00. The average Bonchev–Trinajstić information content (AvgIpc) is 2.66. The minimum atomic E-state index is 0.000208. The standard InChI is InChI=1S/C17H25N3/c1-12-10-13(20(5)19-12)11-16(18)14-8-6-7-9-15(14)17(2,3)4/h6-10,16H,11,18H2,1-5H3. The van der Waals surface area contributed by atoms with Gasteiger partial charge in [-0.1, -0.05) is 45.0 Å². The number of rotatable bonds is 3. The topological polar surface area (TPSA) is 43.8 Å². The summed E-state index contributed by atoms with van der Waals surface area (Å²) in [5, 5.41) is 4.39. The van der Waals surface area contributed by atoms with E-state index in [1.54, 1.807) is 0 Å². The van der Waals surface area contributed by atoms with Gasteiger partial charge in [-0.3, -0.25) is 4.68 Å². The van der Waals surface area contributed by atoms with Gasteiger partial charge >= 0.3 is 0 Å². The zero-order valence-electron chi connectivity index (χ0n) is 13.1. The van der Waals surface area contributed by atoms with Crippen molar-refractivity contribution >= 4 is 0 Å². The number of nitrogens with zero attached hydrogens (tertiary/aromatic N) is 2. The molecule has 0 aliphatic rings. The molecule has 0 spiro atoms. The predicted molar refractivity (Wildman–Crippen MR) is 83.7 cm³/mol. The van der Waals surface area contributed by atoms with Crippen molar-refractivity contribution in [3.05, 3.63) is 52.8 Å². The maximum absolute atomic E-state index is 6.46. The van der Waals surface area contributed by atoms with Crippen molar-refractivity contribution in [2.75, 3.05) is 0 Å². The number of aryl methyl sites for hydroxylation is 2. The third-order valence-electron chi connectivity index (χ3n) is 3.70. The van der Waals surface area contributed by atoms with E-state index < -0.39 is 0 Å². The van der Waals surface area contributed by atoms with E-state index in [2.05, 4.69) is 56.2 Å². The van der Waals surface area contributed by atoms with Crippen LogP contribution >= 0.6 is 0 Å². The smallest absolute Gasteiger partial charge is 0.0596 e. The maximum atomic E-state index is 6.46. The van der Waals surface area contributed by atoms with Crippen LogP contribution in [-0.4, -0.2) is 9.78 Å². The van der Waals surface area contributed by atoms with Gasteiger partial charge in [-0.2, -0.15) is 5.10 Å². The first kappa shape index (κ1) is 14.8. The fourth-order valence-corrected chi connectivity index (χ4v) is 2.69. The zero-order valence-corrected chi connectivity index (χ0v) is 13.1. The van der Waals surface area contributed by atoms with Crippen LogP contribution in [0.25, 0.3) is 0 Å². The van der Waals surface area contributed by atoms with Crippen molar-refractivity contribution in [3.8, 4) is 0 Å². The van der Waals surface area contributed by atoms with Crippen LogP contribution in [0.5, 0.6) is 0 Å². The molecule has 0 aliphatic carbocycles. The highest BCUT2D eigenvalue weighted by molar-refractivity contribution is 5.35. The van der Waals surface area contributed by atoms with Crippen LogP contribution in [0.1, 0.15) is 49.3 Å². The summed E-state index contributed by atoms with van der Waals surface area (Å²) in [5.41, 5.74) is 11.3. The van der Waals surface area contributed by atoms with Gasteiger partial charge in [0.1, 0.15) is 0 Å². The SMILES string of the molecule is Cc1cc(CC(N)c2ccccc2C(C)(C)C)n(C)n1. The lowest BCUT2D eigenvalue weighted by Crippen LogP contribution is -2.22. The molecule has 1 unspecified atom stereocenters. The molecular weight excluding hydrogens is 246 g/mol. The number of benzene rings is 1. The van der Waals surface area contributed by atoms with Gasteiger partial charge in [0.2, 0.25) is 0 Å². The van der Waals surface area contributed by atoms with Gasteiger partial charge in [0.05, 0.1) is 5.69 Å². The van der Waals surface area contributed by atoms with Crippen molar-refractivity contribution in [2.45, 2.75) is 45.6 Å². The van der Waals surface area contributed by atoms with E-state index in [1.807, 2.05) is 18.7 Å². The van der Waals surface area contributed by atoms with Gasteiger partial charge in [0, 0.05) is 25.2 Å². The van der Waals surface area contributed by atoms with Gasteiger partial charge in [0.15, 0.2) is 0 Å². The van der Waals surface area contributed by atoms with Crippen LogP contribution in [0.3, 0.4) is 0 Å². The average molecular weight is 271 g/mol. The Labute approximate surface area is 121 Å². The second-order valence-corrected chi connectivity index (χ2v) is 6.55. The Bertz CT molecular complexity index is 591. The number of hydrogen-bond donors (Lipinski definition) is 1. The highest BCUT2D eigenvalue weighted by Gasteiger charge is 2.21. The van der Waals surface area contributed by atoms with Crippen molar-refractivity contribution in [3.63, 3.8) is 0 Å². The Hall–Kier alpha value is -1.61. The summed E-state index contributed by atoms with van der Waals surface area (Å²) in [6, 6.07) is 10.6. The molecule has 0 fully saturated rings. The number of nitrogens with two attached hydrogens (primary N) is 1. The lowest BCUT2D eigenvalue weighted by Gasteiger charge is -2.25. The molecule has 2 rings (SSSR count). The minimum Gasteiger partial charge on any atom is -0.324 e. The van der Waals surface area contributed by atoms with Crippen molar-refractivity contribution in [2.24, 2.45) is 12.8 Å². The predicted octanol–water partition coefficient (Wildman–Crippen LogP) is 3.27. The third kappa shape index (κ3) is 3.10. The Morgan fingerprint density at radius 2 is 1.90 bits per heavy atom. The molecule has 0 amide bonds. The van der Waals surface area contributed by atoms with Crippen molar-refractivity contribution in [1.29, 1.82) is 0 Å². The van der Waals surface area contributed by atoms with Crippen LogP contribution in [0.15, 0.2) is 30.3 Å². The molecule has 0 radical (unpaired) electrons. The molecule has 3 nitrogen and oxygen atoms in total. The van der Waals surface area contributed by atoms with E-state index in [1.165, 1.54) is 16.8 Å². The zero-order chi connectivity index (χ0) is 14.9. The molecule has 3 heteroatoms. The molecule has 1 aromatic carbocycles. The Balaban J connectivity index is 2.30. The second-order valence-electron chi connectivity index (χ2n) is 6.55. The fourth-order valence-electron chi connectivity index (χ4n) is 2.69. The van der Waals surface area contributed by atoms with E-state index in [0.29, 0.717) is 0 Å². The number of aromatic nitrogens is 2. The molecule has 2 N–H and O–H groups in total. The monoisotopic (exact) mass is 271 g/mol. The summed E-state index contributed by atoms with van der Waals surface area (Å²) in [5.74, 6) is 0. The summed E-state index contributed by atoms with van der Waals surface area (Å²) in [6.07, 6.45) is 0.810. The van der Waals surface area contributed by atoms with Crippen LogP contribution in [0.4, 0.5) is 0 Å². The summed E-state index contributed by atoms with van der Waals surface area (Å²) < 4.78 is 1.93. The molecule has 20 heavy (non-hydrogen) atoms. The summed E-state index contributed by atoms with van der Waals surface area (Å²) in [4.78, 5) is 0. The van der Waals surface area contributed by atoms with Crippen molar-refractivity contribution < 1.29 is 0 Å². The van der Waals surface area contributed by atoms with E-state index in [-0.39, 0.29) is 11.5 Å². The first-order chi connectivity index (χ1) is 9.29. The molecule has 108 valence electrons. The highest BCUT2D eigenvalue weighted by atomic mass is 15.3. The van der Waals surface area contributed by atoms with Gasteiger partial charge in [-0.15, -0.1) is 0 Å². The van der Waals surface area contributed by atoms with E-state index in [4.69, 9.17) is 5.73 Å². The lowest BCUT2D eigenvalue weighted by molar-refractivity contribution is 0.563. The van der Waals surface area contributed by atoms with Gasteiger partial charge in [-0.25, -0.2) is 0 Å². The Morgan fingerprint density at radius 1 is 1.25 bits per heavy atom. The summed E-state index contributed by atoms with van der Waals surface area (Å²) in [6.45, 7) is 8.70. The summed E-state index contributed by atoms with van der Waals surface area (Å²) in [7, 11) is 1.98. The third-order valence-corrected chi connectivity index (χ3v) is 3.70. The van der Waals surface area contributed by atoms with Crippen LogP contribution < -0.4 is 5.73 Å². The maximum Gasteiger partial charge on any atom is 0.0596 e. The molecule has 0 aliphatic heterocycles. The van der Waals surface area contributed by atoms with Crippen LogP contribution in [0.2, 0.25) is 0 Å². The Morgan fingerprint density at radius 3 is 2.45 bits per heavy atom. The molecule has 1 atom stereocenters. The first-order valence-corrected chi connectivity index (χ1v) is 7.13. The van der Waals surface area contributed by atoms with Gasteiger partial charge in [0.25, 0.3) is 0 Å². The van der Waals surface area contributed by atoms with Crippen molar-refractivity contribution in [1.82, 2.24) is 9.78 Å². The van der Waals surface area contributed by atoms with Crippen LogP contribution in [-0.2, 0) is 18.9 Å². The normalized spacial score (nSPS) is 13.5. The second kappa shape index (κ2) is 5.41. The highest BCUT2D eigenvalue weighted by Crippen LogP contribution is 2.30. The van der Waals surface area contributed by atoms with Gasteiger partial charge < -0.3 is 5.73 Å². The molecule has 1 aromatic heterocycles. The van der Waals surface area contributed by atoms with E-state index in [9.17, 15) is 0 Å². The van der Waals surface area contributed by atoms with Gasteiger partial charge in [-0.05, 0) is 29.5 Å². The lowest BCUT2D eigenvalue weighted by atomic mass is 9.81. The molecule has 1 heterocycles. The van der Waals surface area contributed by atoms with E-state index in [0.717, 1.165) is 12.1 Å². The molecular formula is C17H25N3. The molecule has 0 saturated heterocycles. The quantitative estimate of drug-likeness (QED) is 0.931. The van der Waals surface area contributed by atoms with E-state index >= 15 is 0 Å². The largest absolute Gasteiger partial charge is 0.324 e.